The number of rotatable bonds is 4. The summed E-state index contributed by atoms with van der Waals surface area (Å²) < 4.78 is 7.86. The van der Waals surface area contributed by atoms with Crippen molar-refractivity contribution in [2.24, 2.45) is 7.05 Å². The molecule has 5 nitrogen and oxygen atoms in total. The number of aromatic nitrogens is 2. The average Bonchev–Trinajstić information content (AvgIpc) is 3.10. The summed E-state index contributed by atoms with van der Waals surface area (Å²) in [5.41, 5.74) is 2.25. The lowest BCUT2D eigenvalue weighted by Crippen LogP contribution is -2.38. The number of fused-ring (bicyclic) bond motifs is 1. The van der Waals surface area contributed by atoms with Crippen LogP contribution in [-0.2, 0) is 13.6 Å². The number of benzene rings is 1. The molecule has 130 valence electrons. The maximum atomic E-state index is 11.7. The van der Waals surface area contributed by atoms with Crippen LogP contribution in [0, 0.1) is 0 Å². The number of piperidine rings is 1. The van der Waals surface area contributed by atoms with E-state index in [1.54, 1.807) is 17.7 Å². The summed E-state index contributed by atoms with van der Waals surface area (Å²) in [4.78, 5) is 17.4. The van der Waals surface area contributed by atoms with Crippen LogP contribution in [0.2, 0.25) is 0 Å². The van der Waals surface area contributed by atoms with Gasteiger partial charge in [0.25, 0.3) is 5.56 Å². The number of likely N-dealkylation sites (tertiary alicyclic amines) is 1. The largest absolute Gasteiger partial charge is 0.490 e. The van der Waals surface area contributed by atoms with Crippen molar-refractivity contribution in [3.8, 4) is 5.75 Å². The van der Waals surface area contributed by atoms with Gasteiger partial charge in [0, 0.05) is 56.0 Å². The maximum Gasteiger partial charge on any atom is 0.250 e. The summed E-state index contributed by atoms with van der Waals surface area (Å²) in [6, 6.07) is 12.0. The van der Waals surface area contributed by atoms with E-state index >= 15 is 0 Å². The van der Waals surface area contributed by atoms with Crippen LogP contribution in [0.1, 0.15) is 18.4 Å². The first-order valence-corrected chi connectivity index (χ1v) is 8.80. The Balaban J connectivity index is 1.36. The monoisotopic (exact) mass is 337 g/mol. The zero-order chi connectivity index (χ0) is 17.2. The summed E-state index contributed by atoms with van der Waals surface area (Å²) in [5, 5.41) is 1.14. The van der Waals surface area contributed by atoms with Crippen molar-refractivity contribution >= 4 is 10.9 Å². The quantitative estimate of drug-likeness (QED) is 0.796. The first-order chi connectivity index (χ1) is 12.2. The van der Waals surface area contributed by atoms with Crippen molar-refractivity contribution in [3.63, 3.8) is 0 Å². The van der Waals surface area contributed by atoms with Gasteiger partial charge in [0.2, 0.25) is 0 Å². The van der Waals surface area contributed by atoms with E-state index in [-0.39, 0.29) is 11.7 Å². The molecular formula is C20H23N3O2. The molecule has 0 saturated carbocycles. The first kappa shape index (κ1) is 16.0. The number of ether oxygens (including phenoxy) is 1. The lowest BCUT2D eigenvalue weighted by molar-refractivity contribution is 0.0979. The molecule has 5 heteroatoms. The van der Waals surface area contributed by atoms with Gasteiger partial charge in [-0.1, -0.05) is 6.07 Å². The minimum atomic E-state index is 0.0512. The molecule has 3 heterocycles. The molecule has 0 amide bonds. The molecule has 0 bridgehead atoms. The van der Waals surface area contributed by atoms with Gasteiger partial charge in [-0.3, -0.25) is 9.69 Å². The van der Waals surface area contributed by atoms with Crippen LogP contribution in [0.4, 0.5) is 0 Å². The number of H-pyrrole nitrogens is 1. The van der Waals surface area contributed by atoms with Crippen LogP contribution in [-0.4, -0.2) is 33.6 Å². The first-order valence-electron chi connectivity index (χ1n) is 8.80. The molecule has 2 aromatic heterocycles. The second kappa shape index (κ2) is 6.76. The summed E-state index contributed by atoms with van der Waals surface area (Å²) in [5.74, 6) is 0.962. The molecule has 1 saturated heterocycles. The highest BCUT2D eigenvalue weighted by atomic mass is 16.5. The zero-order valence-electron chi connectivity index (χ0n) is 14.4. The number of aryl methyl sites for hydroxylation is 1. The maximum absolute atomic E-state index is 11.7. The highest BCUT2D eigenvalue weighted by Crippen LogP contribution is 2.27. The Labute approximate surface area is 146 Å². The molecule has 25 heavy (non-hydrogen) atoms. The third-order valence-corrected chi connectivity index (χ3v) is 4.96. The van der Waals surface area contributed by atoms with Gasteiger partial charge in [-0.2, -0.15) is 0 Å². The number of nitrogens with zero attached hydrogens (tertiary/aromatic N) is 2. The highest BCUT2D eigenvalue weighted by molar-refractivity contribution is 5.85. The molecule has 4 rings (SSSR count). The molecule has 1 aliphatic heterocycles. The predicted molar refractivity (Wildman–Crippen MR) is 98.9 cm³/mol. The van der Waals surface area contributed by atoms with E-state index in [1.165, 1.54) is 0 Å². The van der Waals surface area contributed by atoms with Crippen molar-refractivity contribution in [1.29, 1.82) is 0 Å². The molecule has 1 N–H and O–H groups in total. The van der Waals surface area contributed by atoms with Gasteiger partial charge in [-0.15, -0.1) is 0 Å². The summed E-state index contributed by atoms with van der Waals surface area (Å²) in [7, 11) is 1.78. The number of pyridine rings is 1. The smallest absolute Gasteiger partial charge is 0.250 e. The fourth-order valence-corrected chi connectivity index (χ4v) is 3.47. The molecule has 0 aliphatic carbocycles. The van der Waals surface area contributed by atoms with Crippen molar-refractivity contribution in [2.75, 3.05) is 13.1 Å². The average molecular weight is 337 g/mol. The molecule has 1 aliphatic rings. The lowest BCUT2D eigenvalue weighted by atomic mass is 10.1. The normalized spacial score (nSPS) is 16.4. The predicted octanol–water partition coefficient (Wildman–Crippen LogP) is 2.91. The van der Waals surface area contributed by atoms with Gasteiger partial charge < -0.3 is 14.3 Å². The number of hydrogen-bond acceptors (Lipinski definition) is 3. The third-order valence-electron chi connectivity index (χ3n) is 4.96. The van der Waals surface area contributed by atoms with Crippen molar-refractivity contribution in [2.45, 2.75) is 25.5 Å². The Kier molecular flexibility index (Phi) is 4.32. The van der Waals surface area contributed by atoms with Crippen LogP contribution in [0.15, 0.2) is 53.6 Å². The lowest BCUT2D eigenvalue weighted by Gasteiger charge is -2.32. The third kappa shape index (κ3) is 3.46. The molecular weight excluding hydrogens is 314 g/mol. The van der Waals surface area contributed by atoms with E-state index in [9.17, 15) is 4.79 Å². The fraction of sp³-hybridized carbons (Fsp3) is 0.350. The molecule has 0 atom stereocenters. The Morgan fingerprint density at radius 1 is 1.20 bits per heavy atom. The van der Waals surface area contributed by atoms with E-state index < -0.39 is 0 Å². The topological polar surface area (TPSA) is 50.3 Å². The molecule has 0 spiro atoms. The van der Waals surface area contributed by atoms with E-state index in [0.29, 0.717) is 0 Å². The van der Waals surface area contributed by atoms with E-state index in [2.05, 4.69) is 22.0 Å². The van der Waals surface area contributed by atoms with Crippen molar-refractivity contribution in [1.82, 2.24) is 14.5 Å². The van der Waals surface area contributed by atoms with Crippen molar-refractivity contribution < 1.29 is 4.74 Å². The van der Waals surface area contributed by atoms with Crippen LogP contribution in [0.25, 0.3) is 10.9 Å². The van der Waals surface area contributed by atoms with Crippen LogP contribution < -0.4 is 10.3 Å². The van der Waals surface area contributed by atoms with Crippen LogP contribution in [0.3, 0.4) is 0 Å². The SMILES string of the molecule is Cn1ccc(CN2CCC(Oc3cccc4[nH]ccc34)CC2)cc1=O. The Morgan fingerprint density at radius 3 is 2.84 bits per heavy atom. The van der Waals surface area contributed by atoms with E-state index in [0.717, 1.165) is 54.7 Å². The van der Waals surface area contributed by atoms with Crippen molar-refractivity contribution in [3.05, 3.63) is 64.7 Å². The van der Waals surface area contributed by atoms with Gasteiger partial charge in [0.15, 0.2) is 0 Å². The Morgan fingerprint density at radius 2 is 2.04 bits per heavy atom. The highest BCUT2D eigenvalue weighted by Gasteiger charge is 2.21. The number of nitrogens with one attached hydrogen (secondary N) is 1. The minimum Gasteiger partial charge on any atom is -0.490 e. The Bertz CT molecular complexity index is 920. The summed E-state index contributed by atoms with van der Waals surface area (Å²) in [6.45, 7) is 2.81. The second-order valence-corrected chi connectivity index (χ2v) is 6.77. The van der Waals surface area contributed by atoms with Gasteiger partial charge in [-0.05, 0) is 42.7 Å². The molecule has 3 aromatic rings. The van der Waals surface area contributed by atoms with Gasteiger partial charge in [0.1, 0.15) is 11.9 Å². The molecule has 1 aromatic carbocycles. The minimum absolute atomic E-state index is 0.0512. The van der Waals surface area contributed by atoms with Gasteiger partial charge in [-0.25, -0.2) is 0 Å². The number of aromatic amines is 1. The molecule has 0 radical (unpaired) electrons. The summed E-state index contributed by atoms with van der Waals surface area (Å²) in [6.07, 6.45) is 6.05. The van der Waals surface area contributed by atoms with Crippen LogP contribution in [0.5, 0.6) is 5.75 Å². The van der Waals surface area contributed by atoms with Crippen LogP contribution >= 0.6 is 0 Å². The second-order valence-electron chi connectivity index (χ2n) is 6.77. The Hall–Kier alpha value is -2.53. The molecule has 0 unspecified atom stereocenters. The number of hydrogen-bond donors (Lipinski definition) is 1. The molecule has 1 fully saturated rings. The van der Waals surface area contributed by atoms with Gasteiger partial charge in [0.05, 0.1) is 0 Å². The fourth-order valence-electron chi connectivity index (χ4n) is 3.47. The zero-order valence-corrected chi connectivity index (χ0v) is 14.4. The van der Waals surface area contributed by atoms with E-state index in [1.807, 2.05) is 30.6 Å². The van der Waals surface area contributed by atoms with Gasteiger partial charge >= 0.3 is 0 Å². The standard InChI is InChI=1S/C20H23N3O2/c1-22-10-6-15(13-20(22)24)14-23-11-7-16(8-12-23)25-19-4-2-3-18-17(19)5-9-21-18/h2-6,9-10,13,16,21H,7-8,11-12,14H2,1H3. The van der Waals surface area contributed by atoms with E-state index in [4.69, 9.17) is 4.74 Å². The summed E-state index contributed by atoms with van der Waals surface area (Å²) >= 11 is 0.